The maximum absolute atomic E-state index is 5.22. The molecule has 0 fully saturated rings. The van der Waals surface area contributed by atoms with Gasteiger partial charge in [0.1, 0.15) is 17.5 Å². The van der Waals surface area contributed by atoms with Gasteiger partial charge in [0.15, 0.2) is 0 Å². The van der Waals surface area contributed by atoms with Crippen LogP contribution >= 0.6 is 15.9 Å². The second-order valence-corrected chi connectivity index (χ2v) is 5.89. The molecule has 0 saturated carbocycles. The Morgan fingerprint density at radius 1 is 1.29 bits per heavy atom. The number of anilines is 1. The fraction of sp³-hybridized carbons (Fsp3) is 0.286. The lowest BCUT2D eigenvalue weighted by molar-refractivity contribution is 0.442. The van der Waals surface area contributed by atoms with E-state index in [0.29, 0.717) is 5.71 Å². The first kappa shape index (κ1) is 12.7. The molecule has 0 N–H and O–H groups in total. The first-order chi connectivity index (χ1) is 10.2. The van der Waals surface area contributed by atoms with Crippen molar-refractivity contribution in [2.75, 3.05) is 11.4 Å². The monoisotopic (exact) mass is 345 g/mol. The molecule has 0 radical (unpaired) electrons. The summed E-state index contributed by atoms with van der Waals surface area (Å²) in [6, 6.07) is 1.97. The average molecular weight is 346 g/mol. The van der Waals surface area contributed by atoms with Crippen LogP contribution in [0.25, 0.3) is 11.1 Å². The van der Waals surface area contributed by atoms with Crippen molar-refractivity contribution in [3.8, 4) is 0 Å². The Labute approximate surface area is 129 Å². The van der Waals surface area contributed by atoms with Crippen LogP contribution in [-0.4, -0.2) is 26.7 Å². The van der Waals surface area contributed by atoms with E-state index in [4.69, 9.17) is 4.52 Å². The summed E-state index contributed by atoms with van der Waals surface area (Å²) in [6.45, 7) is 3.54. The average Bonchev–Trinajstić information content (AvgIpc) is 2.89. The van der Waals surface area contributed by atoms with E-state index in [0.717, 1.165) is 46.6 Å². The lowest BCUT2D eigenvalue weighted by Crippen LogP contribution is -2.32. The Hall–Kier alpha value is -2.02. The zero-order valence-electron chi connectivity index (χ0n) is 11.4. The Balaban J connectivity index is 1.81. The zero-order valence-corrected chi connectivity index (χ0v) is 13.0. The van der Waals surface area contributed by atoms with Crippen LogP contribution in [0.2, 0.25) is 0 Å². The van der Waals surface area contributed by atoms with Crippen molar-refractivity contribution < 1.29 is 4.52 Å². The summed E-state index contributed by atoms with van der Waals surface area (Å²) in [7, 11) is 0. The molecule has 0 spiro atoms. The van der Waals surface area contributed by atoms with Gasteiger partial charge in [0.2, 0.25) is 0 Å². The summed E-state index contributed by atoms with van der Waals surface area (Å²) in [5.74, 6) is 0.875. The minimum Gasteiger partial charge on any atom is -0.351 e. The summed E-state index contributed by atoms with van der Waals surface area (Å²) in [5, 5.41) is 4.88. The second-order valence-electron chi connectivity index (χ2n) is 5.03. The third-order valence-corrected chi connectivity index (χ3v) is 4.52. The SMILES string of the molecule is Cc1noc2ncnc(N3CCc4nccc(Br)c4C3)c12. The van der Waals surface area contributed by atoms with E-state index in [-0.39, 0.29) is 0 Å². The van der Waals surface area contributed by atoms with Crippen molar-refractivity contribution in [1.82, 2.24) is 20.1 Å². The number of fused-ring (bicyclic) bond motifs is 2. The molecule has 106 valence electrons. The largest absolute Gasteiger partial charge is 0.351 e. The Morgan fingerprint density at radius 2 is 2.19 bits per heavy atom. The maximum Gasteiger partial charge on any atom is 0.263 e. The molecule has 4 rings (SSSR count). The van der Waals surface area contributed by atoms with E-state index >= 15 is 0 Å². The highest BCUT2D eigenvalue weighted by Crippen LogP contribution is 2.31. The summed E-state index contributed by atoms with van der Waals surface area (Å²) in [5.41, 5.74) is 3.71. The van der Waals surface area contributed by atoms with Gasteiger partial charge in [-0.15, -0.1) is 0 Å². The molecule has 7 heteroatoms. The molecule has 21 heavy (non-hydrogen) atoms. The maximum atomic E-state index is 5.22. The molecule has 3 aromatic heterocycles. The van der Waals surface area contributed by atoms with E-state index in [1.807, 2.05) is 19.2 Å². The minimum absolute atomic E-state index is 0.536. The topological polar surface area (TPSA) is 67.9 Å². The van der Waals surface area contributed by atoms with Gasteiger partial charge in [-0.3, -0.25) is 4.98 Å². The van der Waals surface area contributed by atoms with Crippen LogP contribution in [0.3, 0.4) is 0 Å². The van der Waals surface area contributed by atoms with Crippen molar-refractivity contribution in [3.63, 3.8) is 0 Å². The van der Waals surface area contributed by atoms with Crippen molar-refractivity contribution >= 4 is 32.8 Å². The molecule has 1 aliphatic rings. The predicted octanol–water partition coefficient (Wildman–Crippen LogP) is 2.65. The van der Waals surface area contributed by atoms with Crippen LogP contribution < -0.4 is 4.90 Å². The van der Waals surface area contributed by atoms with Crippen LogP contribution in [0.15, 0.2) is 27.6 Å². The van der Waals surface area contributed by atoms with Gasteiger partial charge in [-0.25, -0.2) is 4.98 Å². The molecule has 4 heterocycles. The molecular formula is C14H12BrN5O. The predicted molar refractivity (Wildman–Crippen MR) is 81.0 cm³/mol. The number of aromatic nitrogens is 4. The summed E-state index contributed by atoms with van der Waals surface area (Å²) in [4.78, 5) is 15.3. The molecule has 0 aromatic carbocycles. The van der Waals surface area contributed by atoms with E-state index in [1.54, 1.807) is 0 Å². The number of halogens is 1. The Kier molecular flexibility index (Phi) is 2.88. The molecule has 0 atom stereocenters. The Bertz CT molecular complexity index is 831. The standard InChI is InChI=1S/C14H12BrN5O/c1-8-12-13(17-7-18-14(12)21-19-8)20-5-3-11-9(6-20)10(15)2-4-16-11/h2,4,7H,3,5-6H2,1H3. The molecule has 0 bridgehead atoms. The first-order valence-corrected chi connectivity index (χ1v) is 7.47. The van der Waals surface area contributed by atoms with Crippen molar-refractivity contribution in [2.24, 2.45) is 0 Å². The number of hydrogen-bond acceptors (Lipinski definition) is 6. The van der Waals surface area contributed by atoms with Crippen LogP contribution in [0.4, 0.5) is 5.82 Å². The first-order valence-electron chi connectivity index (χ1n) is 6.68. The van der Waals surface area contributed by atoms with Crippen LogP contribution in [-0.2, 0) is 13.0 Å². The van der Waals surface area contributed by atoms with Crippen molar-refractivity contribution in [3.05, 3.63) is 40.0 Å². The molecule has 0 unspecified atom stereocenters. The molecular weight excluding hydrogens is 334 g/mol. The van der Waals surface area contributed by atoms with Gasteiger partial charge in [0.25, 0.3) is 5.71 Å². The Morgan fingerprint density at radius 3 is 3.10 bits per heavy atom. The van der Waals surface area contributed by atoms with Gasteiger partial charge in [-0.1, -0.05) is 21.1 Å². The highest BCUT2D eigenvalue weighted by molar-refractivity contribution is 9.10. The van der Waals surface area contributed by atoms with E-state index in [9.17, 15) is 0 Å². The second kappa shape index (κ2) is 4.77. The fourth-order valence-electron chi connectivity index (χ4n) is 2.73. The normalized spacial score (nSPS) is 14.5. The van der Waals surface area contributed by atoms with Crippen molar-refractivity contribution in [1.29, 1.82) is 0 Å². The molecule has 6 nitrogen and oxygen atoms in total. The fourth-order valence-corrected chi connectivity index (χ4v) is 3.20. The van der Waals surface area contributed by atoms with Crippen LogP contribution in [0.5, 0.6) is 0 Å². The number of aryl methyl sites for hydroxylation is 1. The lowest BCUT2D eigenvalue weighted by atomic mass is 10.1. The van der Waals surface area contributed by atoms with Gasteiger partial charge in [0, 0.05) is 41.4 Å². The van der Waals surface area contributed by atoms with Gasteiger partial charge in [-0.05, 0) is 13.0 Å². The van der Waals surface area contributed by atoms with E-state index < -0.39 is 0 Å². The van der Waals surface area contributed by atoms with Gasteiger partial charge in [0.05, 0.1) is 5.69 Å². The van der Waals surface area contributed by atoms with Crippen LogP contribution in [0, 0.1) is 6.92 Å². The number of hydrogen-bond donors (Lipinski definition) is 0. The number of nitrogens with zero attached hydrogens (tertiary/aromatic N) is 5. The molecule has 0 aliphatic carbocycles. The van der Waals surface area contributed by atoms with Gasteiger partial charge >= 0.3 is 0 Å². The molecule has 1 aliphatic heterocycles. The summed E-state index contributed by atoms with van der Waals surface area (Å²) in [6.07, 6.45) is 4.26. The van der Waals surface area contributed by atoms with E-state index in [1.165, 1.54) is 11.9 Å². The van der Waals surface area contributed by atoms with Gasteiger partial charge in [-0.2, -0.15) is 4.98 Å². The van der Waals surface area contributed by atoms with E-state index in [2.05, 4.69) is 40.9 Å². The number of rotatable bonds is 1. The summed E-state index contributed by atoms with van der Waals surface area (Å²) >= 11 is 3.61. The van der Waals surface area contributed by atoms with Crippen molar-refractivity contribution in [2.45, 2.75) is 19.9 Å². The van der Waals surface area contributed by atoms with Crippen LogP contribution in [0.1, 0.15) is 17.0 Å². The number of pyridine rings is 1. The third-order valence-electron chi connectivity index (χ3n) is 3.78. The third kappa shape index (κ3) is 1.99. The highest BCUT2D eigenvalue weighted by Gasteiger charge is 2.23. The highest BCUT2D eigenvalue weighted by atomic mass is 79.9. The summed E-state index contributed by atoms with van der Waals surface area (Å²) < 4.78 is 6.31. The molecule has 0 amide bonds. The molecule has 0 saturated heterocycles. The van der Waals surface area contributed by atoms with Gasteiger partial charge < -0.3 is 9.42 Å². The zero-order chi connectivity index (χ0) is 14.4. The quantitative estimate of drug-likeness (QED) is 0.675. The minimum atomic E-state index is 0.536. The smallest absolute Gasteiger partial charge is 0.263 e. The molecule has 3 aromatic rings. The lowest BCUT2D eigenvalue weighted by Gasteiger charge is -2.29.